The molecule has 0 atom stereocenters. The number of nitrogens with one attached hydrogen (secondary N) is 2. The van der Waals surface area contributed by atoms with Crippen LogP contribution in [-0.2, 0) is 4.74 Å². The Kier molecular flexibility index (Phi) is 8.81. The van der Waals surface area contributed by atoms with Crippen LogP contribution in [0.15, 0.2) is 35.3 Å². The number of hydrogen-bond donors (Lipinski definition) is 2. The van der Waals surface area contributed by atoms with E-state index >= 15 is 0 Å². The molecule has 1 heterocycles. The fraction of sp³-hybridized carbons (Fsp3) is 0.632. The van der Waals surface area contributed by atoms with Crippen LogP contribution in [0.25, 0.3) is 0 Å². The molecule has 1 aromatic carbocycles. The van der Waals surface area contributed by atoms with Gasteiger partial charge in [-0.3, -0.25) is 4.99 Å². The maximum absolute atomic E-state index is 5.65. The third-order valence-electron chi connectivity index (χ3n) is 4.77. The minimum absolute atomic E-state index is 0. The Morgan fingerprint density at radius 2 is 1.88 bits per heavy atom. The highest BCUT2D eigenvalue weighted by Crippen LogP contribution is 2.28. The molecule has 1 aromatic rings. The zero-order valence-corrected chi connectivity index (χ0v) is 17.4. The van der Waals surface area contributed by atoms with E-state index in [0.29, 0.717) is 6.04 Å². The summed E-state index contributed by atoms with van der Waals surface area (Å²) in [5, 5.41) is 6.90. The van der Waals surface area contributed by atoms with E-state index in [4.69, 9.17) is 4.74 Å². The van der Waals surface area contributed by atoms with Gasteiger partial charge in [0.1, 0.15) is 0 Å². The number of hydrogen-bond acceptors (Lipinski definition) is 3. The summed E-state index contributed by atoms with van der Waals surface area (Å²) >= 11 is 0. The minimum Gasteiger partial charge on any atom is -0.379 e. The molecule has 1 saturated carbocycles. The summed E-state index contributed by atoms with van der Waals surface area (Å²) < 4.78 is 5.65. The van der Waals surface area contributed by atoms with Gasteiger partial charge in [-0.15, -0.1) is 24.0 Å². The van der Waals surface area contributed by atoms with E-state index in [2.05, 4.69) is 50.9 Å². The lowest BCUT2D eigenvalue weighted by Crippen LogP contribution is -2.49. The maximum atomic E-state index is 5.65. The normalized spacial score (nSPS) is 18.6. The Labute approximate surface area is 168 Å². The molecule has 0 unspecified atom stereocenters. The van der Waals surface area contributed by atoms with E-state index in [-0.39, 0.29) is 24.0 Å². The molecule has 1 aliphatic carbocycles. The highest BCUT2D eigenvalue weighted by Gasteiger charge is 2.21. The van der Waals surface area contributed by atoms with Crippen LogP contribution in [0, 0.1) is 5.92 Å². The van der Waals surface area contributed by atoms with Crippen LogP contribution in [0.1, 0.15) is 25.7 Å². The number of rotatable bonds is 7. The molecule has 0 spiro atoms. The lowest BCUT2D eigenvalue weighted by Gasteiger charge is -2.34. The largest absolute Gasteiger partial charge is 0.379 e. The number of piperidine rings is 1. The minimum atomic E-state index is 0. The fourth-order valence-corrected chi connectivity index (χ4v) is 3.08. The van der Waals surface area contributed by atoms with Crippen molar-refractivity contribution in [2.24, 2.45) is 10.9 Å². The van der Waals surface area contributed by atoms with Gasteiger partial charge in [-0.2, -0.15) is 0 Å². The summed E-state index contributed by atoms with van der Waals surface area (Å²) in [6, 6.07) is 11.2. The summed E-state index contributed by atoms with van der Waals surface area (Å²) in [7, 11) is 1.83. The zero-order valence-electron chi connectivity index (χ0n) is 15.1. The van der Waals surface area contributed by atoms with Crippen LogP contribution in [0.5, 0.6) is 0 Å². The smallest absolute Gasteiger partial charge is 0.191 e. The second-order valence-corrected chi connectivity index (χ2v) is 6.76. The number of ether oxygens (including phenoxy) is 1. The van der Waals surface area contributed by atoms with Gasteiger partial charge in [-0.05, 0) is 43.7 Å². The van der Waals surface area contributed by atoms with Gasteiger partial charge in [0.25, 0.3) is 0 Å². The van der Waals surface area contributed by atoms with Crippen molar-refractivity contribution in [1.29, 1.82) is 0 Å². The first-order valence-electron chi connectivity index (χ1n) is 9.20. The van der Waals surface area contributed by atoms with Gasteiger partial charge < -0.3 is 20.3 Å². The third-order valence-corrected chi connectivity index (χ3v) is 4.77. The molecule has 2 aliphatic rings. The molecule has 3 rings (SSSR count). The Morgan fingerprint density at radius 1 is 1.16 bits per heavy atom. The van der Waals surface area contributed by atoms with Crippen molar-refractivity contribution >= 4 is 35.6 Å². The quantitative estimate of drug-likeness (QED) is 0.286. The van der Waals surface area contributed by atoms with Gasteiger partial charge in [0, 0.05) is 45.0 Å². The summed E-state index contributed by atoms with van der Waals surface area (Å²) in [5.41, 5.74) is 1.33. The van der Waals surface area contributed by atoms with Crippen molar-refractivity contribution in [2.75, 3.05) is 44.8 Å². The van der Waals surface area contributed by atoms with Crippen LogP contribution in [0.2, 0.25) is 0 Å². The molecule has 25 heavy (non-hydrogen) atoms. The molecule has 6 heteroatoms. The molecule has 0 amide bonds. The lowest BCUT2D eigenvalue weighted by molar-refractivity contribution is 0.129. The number of anilines is 1. The topological polar surface area (TPSA) is 48.9 Å². The number of para-hydroxylation sites is 1. The van der Waals surface area contributed by atoms with E-state index in [0.717, 1.165) is 57.6 Å². The van der Waals surface area contributed by atoms with Crippen LogP contribution in [0.3, 0.4) is 0 Å². The van der Waals surface area contributed by atoms with E-state index in [1.54, 1.807) is 0 Å². The standard InChI is InChI=1S/C19H30N4O.HI/c1-20-19(21-11-14-24-15-16-7-8-16)22-17-9-12-23(13-10-17)18-5-3-2-4-6-18;/h2-6,16-17H,7-15H2,1H3,(H2,20,21,22);1H. The first kappa shape index (κ1) is 20.3. The van der Waals surface area contributed by atoms with Crippen LogP contribution in [0.4, 0.5) is 5.69 Å². The van der Waals surface area contributed by atoms with Crippen molar-refractivity contribution < 1.29 is 4.74 Å². The highest BCUT2D eigenvalue weighted by molar-refractivity contribution is 14.0. The van der Waals surface area contributed by atoms with Gasteiger partial charge in [0.15, 0.2) is 5.96 Å². The summed E-state index contributed by atoms with van der Waals surface area (Å²) in [6.07, 6.45) is 4.96. The summed E-state index contributed by atoms with van der Waals surface area (Å²) in [5.74, 6) is 1.72. The lowest BCUT2D eigenvalue weighted by atomic mass is 10.0. The molecule has 0 radical (unpaired) electrons. The van der Waals surface area contributed by atoms with Gasteiger partial charge in [0.05, 0.1) is 6.61 Å². The number of guanidine groups is 1. The SMILES string of the molecule is CN=C(NCCOCC1CC1)NC1CCN(c2ccccc2)CC1.I. The van der Waals surface area contributed by atoms with Crippen LogP contribution in [-0.4, -0.2) is 51.9 Å². The van der Waals surface area contributed by atoms with Crippen molar-refractivity contribution in [1.82, 2.24) is 10.6 Å². The predicted molar refractivity (Wildman–Crippen MR) is 115 cm³/mol. The van der Waals surface area contributed by atoms with Gasteiger partial charge in [-0.1, -0.05) is 18.2 Å². The molecule has 1 saturated heterocycles. The average molecular weight is 458 g/mol. The predicted octanol–water partition coefficient (Wildman–Crippen LogP) is 2.87. The van der Waals surface area contributed by atoms with Gasteiger partial charge >= 0.3 is 0 Å². The van der Waals surface area contributed by atoms with Gasteiger partial charge in [-0.25, -0.2) is 0 Å². The van der Waals surface area contributed by atoms with Gasteiger partial charge in [0.2, 0.25) is 0 Å². The van der Waals surface area contributed by atoms with E-state index in [9.17, 15) is 0 Å². The molecule has 2 fully saturated rings. The summed E-state index contributed by atoms with van der Waals surface area (Å²) in [6.45, 7) is 4.66. The Balaban J connectivity index is 0.00000225. The zero-order chi connectivity index (χ0) is 16.6. The molecule has 0 aromatic heterocycles. The number of nitrogens with zero attached hydrogens (tertiary/aromatic N) is 2. The monoisotopic (exact) mass is 458 g/mol. The average Bonchev–Trinajstić information content (AvgIpc) is 3.46. The van der Waals surface area contributed by atoms with Crippen molar-refractivity contribution in [3.05, 3.63) is 30.3 Å². The maximum Gasteiger partial charge on any atom is 0.191 e. The molecular formula is C19H31IN4O. The molecule has 1 aliphatic heterocycles. The van der Waals surface area contributed by atoms with E-state index in [1.807, 2.05) is 7.05 Å². The molecule has 5 nitrogen and oxygen atoms in total. The molecule has 0 bridgehead atoms. The highest BCUT2D eigenvalue weighted by atomic mass is 127. The Morgan fingerprint density at radius 3 is 2.52 bits per heavy atom. The first-order valence-corrected chi connectivity index (χ1v) is 9.20. The molecule has 2 N–H and O–H groups in total. The third kappa shape index (κ3) is 7.01. The molecule has 140 valence electrons. The Bertz CT molecular complexity index is 513. The Hall–Kier alpha value is -1.02. The van der Waals surface area contributed by atoms with E-state index in [1.165, 1.54) is 18.5 Å². The second kappa shape index (κ2) is 10.9. The van der Waals surface area contributed by atoms with Crippen molar-refractivity contribution in [3.8, 4) is 0 Å². The van der Waals surface area contributed by atoms with Crippen molar-refractivity contribution in [3.63, 3.8) is 0 Å². The van der Waals surface area contributed by atoms with Crippen molar-refractivity contribution in [2.45, 2.75) is 31.7 Å². The summed E-state index contributed by atoms with van der Waals surface area (Å²) in [4.78, 5) is 6.79. The second-order valence-electron chi connectivity index (χ2n) is 6.76. The number of aliphatic imine (C=N–C) groups is 1. The van der Waals surface area contributed by atoms with Crippen LogP contribution < -0.4 is 15.5 Å². The number of halogens is 1. The fourth-order valence-electron chi connectivity index (χ4n) is 3.08. The number of benzene rings is 1. The first-order chi connectivity index (χ1) is 11.8. The van der Waals surface area contributed by atoms with E-state index < -0.39 is 0 Å². The van der Waals surface area contributed by atoms with Crippen LogP contribution >= 0.6 is 24.0 Å². The molecular weight excluding hydrogens is 427 g/mol.